The van der Waals surface area contributed by atoms with Crippen LogP contribution in [0.3, 0.4) is 0 Å². The smallest absolute Gasteiger partial charge is 0.0706 e. The number of anilines is 1. The van der Waals surface area contributed by atoms with E-state index in [-0.39, 0.29) is 0 Å². The molecule has 0 spiro atoms. The van der Waals surface area contributed by atoms with Crippen LogP contribution in [0.2, 0.25) is 0 Å². The summed E-state index contributed by atoms with van der Waals surface area (Å²) in [5.74, 6) is 0.531. The monoisotopic (exact) mass is 282 g/mol. The molecular weight excluding hydrogens is 268 g/mol. The molecular formula is C17H15ClN2. The zero-order chi connectivity index (χ0) is 13.8. The number of aromatic nitrogens is 1. The van der Waals surface area contributed by atoms with Crippen molar-refractivity contribution in [1.82, 2.24) is 4.98 Å². The van der Waals surface area contributed by atoms with Crippen molar-refractivity contribution in [2.75, 3.05) is 5.32 Å². The summed E-state index contributed by atoms with van der Waals surface area (Å²) in [5.41, 5.74) is 4.24. The van der Waals surface area contributed by atoms with Crippen molar-refractivity contribution >= 4 is 28.2 Å². The van der Waals surface area contributed by atoms with Crippen LogP contribution in [0.5, 0.6) is 0 Å². The van der Waals surface area contributed by atoms with E-state index < -0.39 is 0 Å². The van der Waals surface area contributed by atoms with Gasteiger partial charge in [-0.15, -0.1) is 11.6 Å². The molecule has 0 aliphatic heterocycles. The highest BCUT2D eigenvalue weighted by molar-refractivity contribution is 6.17. The van der Waals surface area contributed by atoms with Gasteiger partial charge in [0.05, 0.1) is 17.8 Å². The van der Waals surface area contributed by atoms with Gasteiger partial charge >= 0.3 is 0 Å². The Morgan fingerprint density at radius 3 is 2.75 bits per heavy atom. The first-order valence-corrected chi connectivity index (χ1v) is 7.12. The van der Waals surface area contributed by atoms with Crippen molar-refractivity contribution in [3.63, 3.8) is 0 Å². The number of nitrogens with zero attached hydrogens (tertiary/aromatic N) is 1. The molecule has 1 aromatic heterocycles. The summed E-state index contributed by atoms with van der Waals surface area (Å²) in [6.07, 6.45) is 0. The maximum atomic E-state index is 5.84. The van der Waals surface area contributed by atoms with E-state index in [1.807, 2.05) is 36.4 Å². The molecule has 0 aliphatic carbocycles. The number of rotatable bonds is 4. The Kier molecular flexibility index (Phi) is 3.84. The highest BCUT2D eigenvalue weighted by Gasteiger charge is 1.99. The quantitative estimate of drug-likeness (QED) is 0.708. The van der Waals surface area contributed by atoms with Crippen molar-refractivity contribution in [3.05, 3.63) is 71.9 Å². The topological polar surface area (TPSA) is 24.9 Å². The molecule has 0 fully saturated rings. The molecule has 100 valence electrons. The van der Waals surface area contributed by atoms with Gasteiger partial charge in [-0.1, -0.05) is 36.4 Å². The zero-order valence-electron chi connectivity index (χ0n) is 11.0. The van der Waals surface area contributed by atoms with Crippen LogP contribution in [-0.2, 0) is 12.4 Å². The van der Waals surface area contributed by atoms with Gasteiger partial charge in [0.25, 0.3) is 0 Å². The summed E-state index contributed by atoms with van der Waals surface area (Å²) in [4.78, 5) is 4.64. The molecule has 0 aliphatic rings. The van der Waals surface area contributed by atoms with E-state index in [1.165, 1.54) is 5.39 Å². The van der Waals surface area contributed by atoms with Crippen molar-refractivity contribution in [1.29, 1.82) is 0 Å². The molecule has 3 aromatic rings. The lowest BCUT2D eigenvalue weighted by atomic mass is 10.2. The SMILES string of the molecule is ClCc1cccc(NCc2ccc3ccccc3n2)c1. The maximum absolute atomic E-state index is 5.84. The number of benzene rings is 2. The lowest BCUT2D eigenvalue weighted by Crippen LogP contribution is -2.01. The van der Waals surface area contributed by atoms with Gasteiger partial charge < -0.3 is 5.32 Å². The van der Waals surface area contributed by atoms with Gasteiger partial charge in [0, 0.05) is 17.0 Å². The van der Waals surface area contributed by atoms with Crippen molar-refractivity contribution in [2.45, 2.75) is 12.4 Å². The number of nitrogens with one attached hydrogen (secondary N) is 1. The van der Waals surface area contributed by atoms with Crippen LogP contribution in [0.1, 0.15) is 11.3 Å². The molecule has 0 unspecified atom stereocenters. The molecule has 0 atom stereocenters. The molecule has 1 N–H and O–H groups in total. The Morgan fingerprint density at radius 2 is 1.85 bits per heavy atom. The fourth-order valence-corrected chi connectivity index (χ4v) is 2.33. The number of para-hydroxylation sites is 1. The van der Waals surface area contributed by atoms with Crippen LogP contribution in [0.4, 0.5) is 5.69 Å². The van der Waals surface area contributed by atoms with E-state index in [4.69, 9.17) is 11.6 Å². The second-order valence-corrected chi connectivity index (χ2v) is 4.95. The Labute approximate surface area is 123 Å². The molecule has 0 saturated heterocycles. The number of halogens is 1. The van der Waals surface area contributed by atoms with Gasteiger partial charge in [-0.05, 0) is 29.8 Å². The standard InChI is InChI=1S/C17H15ClN2/c18-11-13-4-3-6-15(10-13)19-12-16-9-8-14-5-1-2-7-17(14)20-16/h1-10,19H,11-12H2. The van der Waals surface area contributed by atoms with Gasteiger partial charge in [0.1, 0.15) is 0 Å². The number of hydrogen-bond acceptors (Lipinski definition) is 2. The fourth-order valence-electron chi connectivity index (χ4n) is 2.16. The lowest BCUT2D eigenvalue weighted by Gasteiger charge is -2.08. The first-order valence-electron chi connectivity index (χ1n) is 6.58. The van der Waals surface area contributed by atoms with E-state index in [0.29, 0.717) is 12.4 Å². The second-order valence-electron chi connectivity index (χ2n) is 4.68. The van der Waals surface area contributed by atoms with Gasteiger partial charge in [-0.25, -0.2) is 0 Å². The van der Waals surface area contributed by atoms with Gasteiger partial charge in [0.2, 0.25) is 0 Å². The van der Waals surface area contributed by atoms with Crippen molar-refractivity contribution < 1.29 is 0 Å². The highest BCUT2D eigenvalue weighted by Crippen LogP contribution is 2.15. The molecule has 0 radical (unpaired) electrons. The average Bonchev–Trinajstić information content (AvgIpc) is 2.53. The van der Waals surface area contributed by atoms with Crippen LogP contribution in [0, 0.1) is 0 Å². The van der Waals surface area contributed by atoms with Gasteiger partial charge in [-0.3, -0.25) is 4.98 Å². The third-order valence-corrected chi connectivity index (χ3v) is 3.52. The van der Waals surface area contributed by atoms with E-state index in [1.54, 1.807) is 0 Å². The molecule has 0 saturated carbocycles. The summed E-state index contributed by atoms with van der Waals surface area (Å²) < 4.78 is 0. The molecule has 2 aromatic carbocycles. The molecule has 20 heavy (non-hydrogen) atoms. The minimum atomic E-state index is 0.531. The third kappa shape index (κ3) is 2.91. The molecule has 2 nitrogen and oxygen atoms in total. The van der Waals surface area contributed by atoms with Crippen molar-refractivity contribution in [2.24, 2.45) is 0 Å². The van der Waals surface area contributed by atoms with Crippen LogP contribution in [0.25, 0.3) is 10.9 Å². The molecule has 0 amide bonds. The summed E-state index contributed by atoms with van der Waals surface area (Å²) in [6.45, 7) is 0.705. The summed E-state index contributed by atoms with van der Waals surface area (Å²) in [7, 11) is 0. The van der Waals surface area contributed by atoms with Crippen LogP contribution < -0.4 is 5.32 Å². The van der Waals surface area contributed by atoms with Gasteiger partial charge in [0.15, 0.2) is 0 Å². The summed E-state index contributed by atoms with van der Waals surface area (Å²) in [6, 6.07) is 20.4. The zero-order valence-corrected chi connectivity index (χ0v) is 11.8. The van der Waals surface area contributed by atoms with Crippen LogP contribution in [0.15, 0.2) is 60.7 Å². The Bertz CT molecular complexity index is 725. The Balaban J connectivity index is 1.76. The van der Waals surface area contributed by atoms with E-state index in [2.05, 4.69) is 34.6 Å². The van der Waals surface area contributed by atoms with Crippen molar-refractivity contribution in [3.8, 4) is 0 Å². The largest absolute Gasteiger partial charge is 0.379 e. The molecule has 3 heteroatoms. The van der Waals surface area contributed by atoms with E-state index in [9.17, 15) is 0 Å². The maximum Gasteiger partial charge on any atom is 0.0706 e. The predicted octanol–water partition coefficient (Wildman–Crippen LogP) is 4.59. The van der Waals surface area contributed by atoms with Crippen LogP contribution >= 0.6 is 11.6 Å². The van der Waals surface area contributed by atoms with E-state index >= 15 is 0 Å². The molecule has 0 bridgehead atoms. The summed E-state index contributed by atoms with van der Waals surface area (Å²) in [5, 5.41) is 4.55. The fraction of sp³-hybridized carbons (Fsp3) is 0.118. The molecule has 1 heterocycles. The second kappa shape index (κ2) is 5.93. The molecule has 3 rings (SSSR count). The number of hydrogen-bond donors (Lipinski definition) is 1. The predicted molar refractivity (Wildman–Crippen MR) is 85.1 cm³/mol. The summed E-state index contributed by atoms with van der Waals surface area (Å²) >= 11 is 5.84. The highest BCUT2D eigenvalue weighted by atomic mass is 35.5. The minimum absolute atomic E-state index is 0.531. The first kappa shape index (κ1) is 12.9. The van der Waals surface area contributed by atoms with Gasteiger partial charge in [-0.2, -0.15) is 0 Å². The minimum Gasteiger partial charge on any atom is -0.379 e. The third-order valence-electron chi connectivity index (χ3n) is 3.21. The van der Waals surface area contributed by atoms with E-state index in [0.717, 1.165) is 22.5 Å². The number of pyridine rings is 1. The van der Waals surface area contributed by atoms with Crippen LogP contribution in [-0.4, -0.2) is 4.98 Å². The number of alkyl halides is 1. The average molecular weight is 283 g/mol. The first-order chi connectivity index (χ1) is 9.85. The normalized spacial score (nSPS) is 10.7. The Morgan fingerprint density at radius 1 is 0.950 bits per heavy atom. The number of fused-ring (bicyclic) bond motifs is 1. The Hall–Kier alpha value is -2.06. The lowest BCUT2D eigenvalue weighted by molar-refractivity contribution is 1.07.